The lowest BCUT2D eigenvalue weighted by atomic mass is 10.0. The molecule has 1 rings (SSSR count). The summed E-state index contributed by atoms with van der Waals surface area (Å²) in [5, 5.41) is 3.20. The van der Waals surface area contributed by atoms with Crippen molar-refractivity contribution in [3.8, 4) is 0 Å². The first-order chi connectivity index (χ1) is 8.79. The molecule has 19 heavy (non-hydrogen) atoms. The third kappa shape index (κ3) is 6.25. The summed E-state index contributed by atoms with van der Waals surface area (Å²) in [4.78, 5) is 6.97. The molecule has 1 heterocycles. The van der Waals surface area contributed by atoms with E-state index < -0.39 is 0 Å². The van der Waals surface area contributed by atoms with Gasteiger partial charge in [0.25, 0.3) is 0 Å². The van der Waals surface area contributed by atoms with Crippen molar-refractivity contribution in [1.29, 1.82) is 0 Å². The Labute approximate surface area is 117 Å². The van der Waals surface area contributed by atoms with Gasteiger partial charge in [-0.2, -0.15) is 0 Å². The maximum absolute atomic E-state index is 5.93. The van der Waals surface area contributed by atoms with Gasteiger partial charge >= 0.3 is 0 Å². The average Bonchev–Trinajstić information content (AvgIpc) is 2.27. The van der Waals surface area contributed by atoms with Crippen LogP contribution in [0.15, 0.2) is 4.99 Å². The highest BCUT2D eigenvalue weighted by Gasteiger charge is 2.23. The van der Waals surface area contributed by atoms with Crippen molar-refractivity contribution in [2.45, 2.75) is 46.2 Å². The molecule has 1 aliphatic rings. The third-order valence-corrected chi connectivity index (χ3v) is 3.24. The van der Waals surface area contributed by atoms with Crippen molar-refractivity contribution in [2.24, 2.45) is 16.6 Å². The van der Waals surface area contributed by atoms with Crippen LogP contribution in [-0.2, 0) is 4.74 Å². The number of hydrogen-bond donors (Lipinski definition) is 2. The molecule has 0 saturated carbocycles. The summed E-state index contributed by atoms with van der Waals surface area (Å²) in [6.07, 6.45) is 0. The second-order valence-corrected chi connectivity index (χ2v) is 6.56. The number of ether oxygens (including phenoxy) is 1. The van der Waals surface area contributed by atoms with Gasteiger partial charge in [0.15, 0.2) is 5.96 Å². The number of nitrogens with zero attached hydrogens (tertiary/aromatic N) is 2. The number of morpholine rings is 1. The number of hydrogen-bond acceptors (Lipinski definition) is 3. The molecule has 112 valence electrons. The van der Waals surface area contributed by atoms with Crippen LogP contribution >= 0.6 is 0 Å². The highest BCUT2D eigenvalue weighted by molar-refractivity contribution is 5.78. The van der Waals surface area contributed by atoms with Gasteiger partial charge in [0, 0.05) is 24.7 Å². The minimum atomic E-state index is -0.0418. The first-order valence-electron chi connectivity index (χ1n) is 7.19. The zero-order chi connectivity index (χ0) is 14.5. The van der Waals surface area contributed by atoms with Gasteiger partial charge in [-0.05, 0) is 26.7 Å². The van der Waals surface area contributed by atoms with E-state index in [1.54, 1.807) is 0 Å². The van der Waals surface area contributed by atoms with Crippen molar-refractivity contribution in [3.05, 3.63) is 0 Å². The Kier molecular flexibility index (Phi) is 6.07. The molecular weight excluding hydrogens is 240 g/mol. The van der Waals surface area contributed by atoms with Gasteiger partial charge < -0.3 is 15.8 Å². The van der Waals surface area contributed by atoms with E-state index in [2.05, 4.69) is 49.8 Å². The average molecular weight is 270 g/mol. The second kappa shape index (κ2) is 7.10. The van der Waals surface area contributed by atoms with Gasteiger partial charge in [-0.3, -0.25) is 9.89 Å². The quantitative estimate of drug-likeness (QED) is 0.592. The molecule has 1 fully saturated rings. The molecular formula is C14H30N4O. The minimum Gasteiger partial charge on any atom is -0.379 e. The highest BCUT2D eigenvalue weighted by Crippen LogP contribution is 2.13. The lowest BCUT2D eigenvalue weighted by Crippen LogP contribution is -2.49. The molecule has 0 amide bonds. The van der Waals surface area contributed by atoms with Crippen LogP contribution in [0.25, 0.3) is 0 Å². The summed E-state index contributed by atoms with van der Waals surface area (Å²) < 4.78 is 5.41. The van der Waals surface area contributed by atoms with Gasteiger partial charge in [-0.1, -0.05) is 13.8 Å². The monoisotopic (exact) mass is 270 g/mol. The van der Waals surface area contributed by atoms with Gasteiger partial charge in [-0.25, -0.2) is 0 Å². The lowest BCUT2D eigenvalue weighted by molar-refractivity contribution is 0.00868. The topological polar surface area (TPSA) is 62.9 Å². The standard InChI is InChI=1S/C14H30N4O/c1-11(2)12(18-6-8-19-9-7-18)10-16-13(15)17-14(3,4)5/h11-12H,6-10H2,1-5H3,(H3,15,16,17). The molecule has 5 heteroatoms. The van der Waals surface area contributed by atoms with Crippen molar-refractivity contribution >= 4 is 5.96 Å². The van der Waals surface area contributed by atoms with E-state index >= 15 is 0 Å². The Hall–Kier alpha value is -0.810. The molecule has 0 aliphatic carbocycles. The molecule has 1 unspecified atom stereocenters. The van der Waals surface area contributed by atoms with Crippen LogP contribution in [0.2, 0.25) is 0 Å². The molecule has 1 atom stereocenters. The van der Waals surface area contributed by atoms with E-state index in [9.17, 15) is 0 Å². The SMILES string of the molecule is CC(C)C(CN=C(N)NC(C)(C)C)N1CCOCC1. The Morgan fingerprint density at radius 1 is 1.32 bits per heavy atom. The molecule has 0 aromatic rings. The third-order valence-electron chi connectivity index (χ3n) is 3.24. The molecule has 0 aromatic heterocycles. The maximum atomic E-state index is 5.93. The zero-order valence-corrected chi connectivity index (χ0v) is 13.1. The Morgan fingerprint density at radius 3 is 2.37 bits per heavy atom. The van der Waals surface area contributed by atoms with Gasteiger partial charge in [-0.15, -0.1) is 0 Å². The van der Waals surface area contributed by atoms with Crippen LogP contribution in [0.5, 0.6) is 0 Å². The molecule has 3 N–H and O–H groups in total. The normalized spacial score (nSPS) is 20.6. The van der Waals surface area contributed by atoms with E-state index in [1.165, 1.54) is 0 Å². The van der Waals surface area contributed by atoms with Crippen LogP contribution in [0.4, 0.5) is 0 Å². The smallest absolute Gasteiger partial charge is 0.189 e. The van der Waals surface area contributed by atoms with Crippen molar-refractivity contribution < 1.29 is 4.74 Å². The summed E-state index contributed by atoms with van der Waals surface area (Å²) in [6.45, 7) is 15.1. The van der Waals surface area contributed by atoms with E-state index in [4.69, 9.17) is 10.5 Å². The molecule has 5 nitrogen and oxygen atoms in total. The zero-order valence-electron chi connectivity index (χ0n) is 13.1. The number of rotatable bonds is 4. The molecule has 1 aliphatic heterocycles. The minimum absolute atomic E-state index is 0.0418. The molecule has 1 saturated heterocycles. The summed E-state index contributed by atoms with van der Waals surface area (Å²) in [6, 6.07) is 0.434. The number of aliphatic imine (C=N–C) groups is 1. The van der Waals surface area contributed by atoms with Gasteiger partial charge in [0.1, 0.15) is 0 Å². The number of nitrogens with one attached hydrogen (secondary N) is 1. The fourth-order valence-electron chi connectivity index (χ4n) is 2.27. The fraction of sp³-hybridized carbons (Fsp3) is 0.929. The summed E-state index contributed by atoms with van der Waals surface area (Å²) >= 11 is 0. The predicted molar refractivity (Wildman–Crippen MR) is 80.4 cm³/mol. The largest absolute Gasteiger partial charge is 0.379 e. The molecule has 0 radical (unpaired) electrons. The van der Waals surface area contributed by atoms with E-state index in [0.29, 0.717) is 17.9 Å². The van der Waals surface area contributed by atoms with Crippen LogP contribution < -0.4 is 11.1 Å². The van der Waals surface area contributed by atoms with Gasteiger partial charge in [0.2, 0.25) is 0 Å². The van der Waals surface area contributed by atoms with Gasteiger partial charge in [0.05, 0.1) is 19.8 Å². The van der Waals surface area contributed by atoms with E-state index in [-0.39, 0.29) is 5.54 Å². The van der Waals surface area contributed by atoms with Crippen LogP contribution in [0, 0.1) is 5.92 Å². The van der Waals surface area contributed by atoms with Crippen molar-refractivity contribution in [1.82, 2.24) is 10.2 Å². The van der Waals surface area contributed by atoms with Crippen molar-refractivity contribution in [3.63, 3.8) is 0 Å². The predicted octanol–water partition coefficient (Wildman–Crippen LogP) is 1.05. The highest BCUT2D eigenvalue weighted by atomic mass is 16.5. The van der Waals surface area contributed by atoms with Crippen molar-refractivity contribution in [2.75, 3.05) is 32.8 Å². The molecule has 0 bridgehead atoms. The van der Waals surface area contributed by atoms with Crippen LogP contribution in [0.3, 0.4) is 0 Å². The lowest BCUT2D eigenvalue weighted by Gasteiger charge is -2.36. The van der Waals surface area contributed by atoms with Crippen LogP contribution in [0.1, 0.15) is 34.6 Å². The summed E-state index contributed by atoms with van der Waals surface area (Å²) in [5.41, 5.74) is 5.89. The first kappa shape index (κ1) is 16.2. The molecule has 0 aromatic carbocycles. The second-order valence-electron chi connectivity index (χ2n) is 6.56. The Morgan fingerprint density at radius 2 is 1.89 bits per heavy atom. The fourth-order valence-corrected chi connectivity index (χ4v) is 2.27. The number of guanidine groups is 1. The van der Waals surface area contributed by atoms with E-state index in [0.717, 1.165) is 32.8 Å². The molecule has 0 spiro atoms. The Balaban J connectivity index is 2.56. The first-order valence-corrected chi connectivity index (χ1v) is 7.19. The Bertz CT molecular complexity index is 290. The number of nitrogens with two attached hydrogens (primary N) is 1. The van der Waals surface area contributed by atoms with Crippen LogP contribution in [-0.4, -0.2) is 55.3 Å². The van der Waals surface area contributed by atoms with E-state index in [1.807, 2.05) is 0 Å². The summed E-state index contributed by atoms with van der Waals surface area (Å²) in [7, 11) is 0. The summed E-state index contributed by atoms with van der Waals surface area (Å²) in [5.74, 6) is 1.09. The maximum Gasteiger partial charge on any atom is 0.189 e.